The summed E-state index contributed by atoms with van der Waals surface area (Å²) in [6.07, 6.45) is 7.44. The van der Waals surface area contributed by atoms with Gasteiger partial charge < -0.3 is 15.6 Å². The summed E-state index contributed by atoms with van der Waals surface area (Å²) in [6.45, 7) is 1.87. The largest absolute Gasteiger partial charge is 0.364 e. The molecule has 5 rings (SSSR count). The number of para-hydroxylation sites is 1. The lowest BCUT2D eigenvalue weighted by Gasteiger charge is -2.28. The van der Waals surface area contributed by atoms with E-state index in [1.165, 1.54) is 31.5 Å². The van der Waals surface area contributed by atoms with E-state index in [4.69, 9.17) is 10.7 Å². The zero-order chi connectivity index (χ0) is 22.1. The van der Waals surface area contributed by atoms with Crippen LogP contribution in [-0.4, -0.2) is 33.9 Å². The van der Waals surface area contributed by atoms with Crippen molar-refractivity contribution >= 4 is 33.5 Å². The number of benzene rings is 1. The van der Waals surface area contributed by atoms with Gasteiger partial charge in [0.1, 0.15) is 11.5 Å². The monoisotopic (exact) mass is 427 g/mol. The second-order valence-electron chi connectivity index (χ2n) is 8.30. The van der Waals surface area contributed by atoms with Crippen molar-refractivity contribution in [2.45, 2.75) is 32.1 Å². The number of nitrogens with two attached hydrogens (primary N) is 1. The van der Waals surface area contributed by atoms with Crippen molar-refractivity contribution in [3.63, 3.8) is 0 Å². The molecule has 1 aliphatic rings. The molecular weight excluding hydrogens is 402 g/mol. The molecule has 162 valence electrons. The molecule has 0 spiro atoms. The van der Waals surface area contributed by atoms with Gasteiger partial charge in [0.25, 0.3) is 5.91 Å². The van der Waals surface area contributed by atoms with Gasteiger partial charge in [-0.25, -0.2) is 4.98 Å². The summed E-state index contributed by atoms with van der Waals surface area (Å²) in [7, 11) is 0. The average molecular weight is 428 g/mol. The first-order chi connectivity index (χ1) is 15.6. The van der Waals surface area contributed by atoms with Crippen LogP contribution in [0.25, 0.3) is 33.1 Å². The minimum absolute atomic E-state index is 0.0177. The lowest BCUT2D eigenvalue weighted by Crippen LogP contribution is -2.28. The first-order valence-electron chi connectivity index (χ1n) is 11.1. The molecular formula is C25H25N5O2. The maximum Gasteiger partial charge on any atom is 0.268 e. The molecule has 4 aromatic rings. The highest BCUT2D eigenvalue weighted by Gasteiger charge is 2.19. The zero-order valence-electron chi connectivity index (χ0n) is 17.8. The van der Waals surface area contributed by atoms with E-state index in [9.17, 15) is 9.59 Å². The SMILES string of the molecule is NC(=O)c1nccc2[nH]c(-c3cc4ccccc4nc3N3CCCCCCC3)cc(=O)c12. The number of hydrogen-bond donors (Lipinski definition) is 2. The van der Waals surface area contributed by atoms with Gasteiger partial charge in [-0.05, 0) is 31.0 Å². The van der Waals surface area contributed by atoms with E-state index in [0.717, 1.165) is 48.2 Å². The van der Waals surface area contributed by atoms with Crippen molar-refractivity contribution in [2.75, 3.05) is 18.0 Å². The summed E-state index contributed by atoms with van der Waals surface area (Å²) < 4.78 is 0. The second-order valence-corrected chi connectivity index (χ2v) is 8.30. The molecule has 4 heterocycles. The van der Waals surface area contributed by atoms with E-state index in [1.807, 2.05) is 24.3 Å². The Hall–Kier alpha value is -3.74. The number of carbonyl (C=O) groups is 1. The Morgan fingerprint density at radius 2 is 1.75 bits per heavy atom. The van der Waals surface area contributed by atoms with Crippen molar-refractivity contribution in [1.29, 1.82) is 0 Å². The molecule has 0 atom stereocenters. The molecule has 32 heavy (non-hydrogen) atoms. The second kappa shape index (κ2) is 8.42. The van der Waals surface area contributed by atoms with Gasteiger partial charge in [-0.1, -0.05) is 37.5 Å². The molecule has 7 nitrogen and oxygen atoms in total. The summed E-state index contributed by atoms with van der Waals surface area (Å²) in [5.74, 6) is 0.160. The minimum Gasteiger partial charge on any atom is -0.364 e. The van der Waals surface area contributed by atoms with E-state index >= 15 is 0 Å². The van der Waals surface area contributed by atoms with E-state index in [-0.39, 0.29) is 16.5 Å². The Labute approximate surface area is 185 Å². The Morgan fingerprint density at radius 3 is 2.53 bits per heavy atom. The molecule has 3 N–H and O–H groups in total. The third kappa shape index (κ3) is 3.70. The van der Waals surface area contributed by atoms with Gasteiger partial charge in [0, 0.05) is 36.3 Å². The van der Waals surface area contributed by atoms with E-state index in [1.54, 1.807) is 6.07 Å². The lowest BCUT2D eigenvalue weighted by molar-refractivity contribution is 0.0997. The van der Waals surface area contributed by atoms with Crippen LogP contribution < -0.4 is 16.1 Å². The smallest absolute Gasteiger partial charge is 0.268 e. The van der Waals surface area contributed by atoms with Crippen molar-refractivity contribution in [2.24, 2.45) is 5.73 Å². The highest BCUT2D eigenvalue weighted by Crippen LogP contribution is 2.33. The molecule has 0 bridgehead atoms. The number of primary amides is 1. The molecule has 0 radical (unpaired) electrons. The first-order valence-corrected chi connectivity index (χ1v) is 11.1. The van der Waals surface area contributed by atoms with Gasteiger partial charge in [-0.2, -0.15) is 0 Å². The summed E-state index contributed by atoms with van der Waals surface area (Å²) in [4.78, 5) is 39.5. The maximum absolute atomic E-state index is 13.0. The van der Waals surface area contributed by atoms with Gasteiger partial charge in [0.15, 0.2) is 5.43 Å². The van der Waals surface area contributed by atoms with Crippen LogP contribution in [0.4, 0.5) is 5.82 Å². The van der Waals surface area contributed by atoms with Crippen LogP contribution in [0, 0.1) is 0 Å². The molecule has 1 aliphatic heterocycles. The Balaban J connectivity index is 1.73. The van der Waals surface area contributed by atoms with Gasteiger partial charge >= 0.3 is 0 Å². The third-order valence-corrected chi connectivity index (χ3v) is 6.13. The van der Waals surface area contributed by atoms with Gasteiger partial charge in [0.2, 0.25) is 0 Å². The van der Waals surface area contributed by atoms with Gasteiger partial charge in [-0.15, -0.1) is 0 Å². The number of hydrogen-bond acceptors (Lipinski definition) is 5. The molecule has 3 aromatic heterocycles. The highest BCUT2D eigenvalue weighted by molar-refractivity contribution is 6.04. The zero-order valence-corrected chi connectivity index (χ0v) is 17.8. The van der Waals surface area contributed by atoms with Gasteiger partial charge in [-0.3, -0.25) is 14.6 Å². The average Bonchev–Trinajstić information content (AvgIpc) is 2.77. The lowest BCUT2D eigenvalue weighted by atomic mass is 10.0. The molecule has 7 heteroatoms. The predicted octanol–water partition coefficient (Wildman–Crippen LogP) is 4.01. The Kier molecular flexibility index (Phi) is 5.31. The number of nitrogens with one attached hydrogen (secondary N) is 1. The molecule has 1 aromatic carbocycles. The van der Waals surface area contributed by atoms with Crippen LogP contribution in [0.5, 0.6) is 0 Å². The minimum atomic E-state index is -0.720. The number of amides is 1. The Bertz CT molecular complexity index is 1370. The van der Waals surface area contributed by atoms with Crippen LogP contribution in [-0.2, 0) is 0 Å². The summed E-state index contributed by atoms with van der Waals surface area (Å²) >= 11 is 0. The molecule has 1 fully saturated rings. The first kappa shape index (κ1) is 20.2. The number of aromatic nitrogens is 3. The van der Waals surface area contributed by atoms with Crippen molar-refractivity contribution in [1.82, 2.24) is 15.0 Å². The third-order valence-electron chi connectivity index (χ3n) is 6.13. The number of carbonyl (C=O) groups excluding carboxylic acids is 1. The Morgan fingerprint density at radius 1 is 1.00 bits per heavy atom. The number of aromatic amines is 1. The summed E-state index contributed by atoms with van der Waals surface area (Å²) in [5.41, 5.74) is 8.13. The number of H-pyrrole nitrogens is 1. The number of nitrogens with zero attached hydrogens (tertiary/aromatic N) is 3. The van der Waals surface area contributed by atoms with Crippen molar-refractivity contribution < 1.29 is 4.79 Å². The molecule has 1 amide bonds. The molecule has 0 aliphatic carbocycles. The fourth-order valence-corrected chi connectivity index (χ4v) is 4.54. The van der Waals surface area contributed by atoms with Crippen LogP contribution in [0.3, 0.4) is 0 Å². The van der Waals surface area contributed by atoms with Crippen LogP contribution >= 0.6 is 0 Å². The summed E-state index contributed by atoms with van der Waals surface area (Å²) in [5, 5.41) is 1.22. The standard InChI is InChI=1S/C25H25N5O2/c26-24(32)23-22-19(10-11-27-23)28-20(15-21(22)31)17-14-16-8-4-5-9-18(16)29-25(17)30-12-6-2-1-3-7-13-30/h4-5,8-11,14-15H,1-3,6-7,12-13H2,(H2,26,32)(H,28,31). The quantitative estimate of drug-likeness (QED) is 0.514. The fraction of sp³-hybridized carbons (Fsp3) is 0.280. The van der Waals surface area contributed by atoms with E-state index in [0.29, 0.717) is 11.2 Å². The van der Waals surface area contributed by atoms with Crippen molar-refractivity contribution in [3.05, 3.63) is 64.6 Å². The number of anilines is 1. The number of rotatable bonds is 3. The topological polar surface area (TPSA) is 105 Å². The molecule has 0 saturated carbocycles. The van der Waals surface area contributed by atoms with E-state index in [2.05, 4.69) is 20.9 Å². The number of pyridine rings is 3. The maximum atomic E-state index is 13.0. The molecule has 0 unspecified atom stereocenters. The number of fused-ring (bicyclic) bond motifs is 2. The van der Waals surface area contributed by atoms with Crippen LogP contribution in [0.1, 0.15) is 42.6 Å². The van der Waals surface area contributed by atoms with E-state index < -0.39 is 5.91 Å². The normalized spacial score (nSPS) is 14.9. The predicted molar refractivity (Wildman–Crippen MR) is 127 cm³/mol. The highest BCUT2D eigenvalue weighted by atomic mass is 16.1. The molecule has 1 saturated heterocycles. The fourth-order valence-electron chi connectivity index (χ4n) is 4.54. The summed E-state index contributed by atoms with van der Waals surface area (Å²) in [6, 6.07) is 13.3. The van der Waals surface area contributed by atoms with Crippen molar-refractivity contribution in [3.8, 4) is 11.3 Å². The van der Waals surface area contributed by atoms with Crippen LogP contribution in [0.2, 0.25) is 0 Å². The van der Waals surface area contributed by atoms with Crippen LogP contribution in [0.15, 0.2) is 53.5 Å². The van der Waals surface area contributed by atoms with Gasteiger partial charge in [0.05, 0.1) is 22.1 Å².